The molecule has 152 valence electrons. The zero-order chi connectivity index (χ0) is 20.6. The number of urea groups is 1. The van der Waals surface area contributed by atoms with Gasteiger partial charge in [-0.1, -0.05) is 36.4 Å². The van der Waals surface area contributed by atoms with Crippen molar-refractivity contribution in [2.45, 2.75) is 29.8 Å². The van der Waals surface area contributed by atoms with E-state index in [-0.39, 0.29) is 43.3 Å². The zero-order valence-electron chi connectivity index (χ0n) is 15.5. The van der Waals surface area contributed by atoms with E-state index in [1.165, 1.54) is 27.4 Å². The van der Waals surface area contributed by atoms with Crippen LogP contribution < -0.4 is 5.32 Å². The molecule has 0 aliphatic carbocycles. The Kier molecular flexibility index (Phi) is 4.87. The van der Waals surface area contributed by atoms with Crippen LogP contribution >= 0.6 is 0 Å². The summed E-state index contributed by atoms with van der Waals surface area (Å²) >= 11 is 0. The lowest BCUT2D eigenvalue weighted by Gasteiger charge is -2.36. The standard InChI is InChI=1S/C20H20FN3O4S/c21-16-7-4-8-17(13-16)29(27,28)23-11-9-20(10-12-23)18(25)24(19(26)22-20)14-15-5-2-1-3-6-15/h1-8,13H,9-12,14H2,(H,22,26). The molecular formula is C20H20FN3O4S. The average molecular weight is 417 g/mol. The van der Waals surface area contributed by atoms with Gasteiger partial charge in [0.25, 0.3) is 5.91 Å². The van der Waals surface area contributed by atoms with E-state index in [2.05, 4.69) is 5.32 Å². The molecule has 0 radical (unpaired) electrons. The lowest BCUT2D eigenvalue weighted by Crippen LogP contribution is -2.55. The second-order valence-corrected chi connectivity index (χ2v) is 9.19. The first-order valence-electron chi connectivity index (χ1n) is 9.26. The van der Waals surface area contributed by atoms with Crippen LogP contribution in [0.2, 0.25) is 0 Å². The van der Waals surface area contributed by atoms with E-state index >= 15 is 0 Å². The van der Waals surface area contributed by atoms with Gasteiger partial charge in [-0.3, -0.25) is 9.69 Å². The summed E-state index contributed by atoms with van der Waals surface area (Å²) in [6, 6.07) is 13.6. The fourth-order valence-electron chi connectivity index (χ4n) is 3.81. The van der Waals surface area contributed by atoms with Gasteiger partial charge in [0, 0.05) is 13.1 Å². The minimum absolute atomic E-state index is 0.0596. The molecule has 4 rings (SSSR count). The molecule has 0 aromatic heterocycles. The number of imide groups is 1. The van der Waals surface area contributed by atoms with Crippen LogP contribution in [-0.4, -0.2) is 48.2 Å². The van der Waals surface area contributed by atoms with E-state index < -0.39 is 27.4 Å². The van der Waals surface area contributed by atoms with Crippen molar-refractivity contribution >= 4 is 22.0 Å². The van der Waals surface area contributed by atoms with Crippen molar-refractivity contribution in [1.82, 2.24) is 14.5 Å². The molecule has 0 unspecified atom stereocenters. The Bertz CT molecular complexity index is 1050. The second-order valence-electron chi connectivity index (χ2n) is 7.25. The maximum absolute atomic E-state index is 13.4. The predicted molar refractivity (Wildman–Crippen MR) is 103 cm³/mol. The van der Waals surface area contributed by atoms with Crippen LogP contribution in [0.25, 0.3) is 0 Å². The molecule has 1 spiro atoms. The zero-order valence-corrected chi connectivity index (χ0v) is 16.4. The molecule has 2 aliphatic heterocycles. The van der Waals surface area contributed by atoms with Crippen molar-refractivity contribution < 1.29 is 22.4 Å². The highest BCUT2D eigenvalue weighted by Gasteiger charge is 2.53. The SMILES string of the molecule is O=C1NC2(CCN(S(=O)(=O)c3cccc(F)c3)CC2)C(=O)N1Cc1ccccc1. The van der Waals surface area contributed by atoms with Gasteiger partial charge in [-0.2, -0.15) is 4.31 Å². The number of nitrogens with one attached hydrogen (secondary N) is 1. The van der Waals surface area contributed by atoms with Crippen LogP contribution in [0.15, 0.2) is 59.5 Å². The van der Waals surface area contributed by atoms with E-state index in [9.17, 15) is 22.4 Å². The Labute approximate surface area is 168 Å². The number of benzene rings is 2. The van der Waals surface area contributed by atoms with Gasteiger partial charge in [0.2, 0.25) is 10.0 Å². The molecule has 9 heteroatoms. The van der Waals surface area contributed by atoms with Crippen molar-refractivity contribution in [3.63, 3.8) is 0 Å². The number of hydrogen-bond acceptors (Lipinski definition) is 4. The molecule has 2 aromatic rings. The first-order chi connectivity index (χ1) is 13.8. The fourth-order valence-corrected chi connectivity index (χ4v) is 5.28. The largest absolute Gasteiger partial charge is 0.325 e. The molecule has 2 aliphatic rings. The third kappa shape index (κ3) is 3.51. The highest BCUT2D eigenvalue weighted by Crippen LogP contribution is 2.32. The second kappa shape index (κ2) is 7.23. The Balaban J connectivity index is 1.49. The summed E-state index contributed by atoms with van der Waals surface area (Å²) in [7, 11) is -3.87. The number of rotatable bonds is 4. The lowest BCUT2D eigenvalue weighted by atomic mass is 9.88. The molecule has 7 nitrogen and oxygen atoms in total. The summed E-state index contributed by atoms with van der Waals surface area (Å²) in [4.78, 5) is 26.5. The maximum Gasteiger partial charge on any atom is 0.325 e. The van der Waals surface area contributed by atoms with Gasteiger partial charge in [0.05, 0.1) is 11.4 Å². The molecule has 2 fully saturated rings. The average Bonchev–Trinajstić information content (AvgIpc) is 2.93. The van der Waals surface area contributed by atoms with Gasteiger partial charge in [0.15, 0.2) is 0 Å². The number of carbonyl (C=O) groups is 2. The Morgan fingerprint density at radius 3 is 2.34 bits per heavy atom. The van der Waals surface area contributed by atoms with E-state index in [0.29, 0.717) is 0 Å². The molecule has 0 saturated carbocycles. The van der Waals surface area contributed by atoms with E-state index in [4.69, 9.17) is 0 Å². The quantitative estimate of drug-likeness (QED) is 0.772. The summed E-state index contributed by atoms with van der Waals surface area (Å²) in [5.41, 5.74) is -0.265. The topological polar surface area (TPSA) is 86.8 Å². The summed E-state index contributed by atoms with van der Waals surface area (Å²) in [5, 5.41) is 2.77. The van der Waals surface area contributed by atoms with Crippen LogP contribution in [-0.2, 0) is 21.4 Å². The van der Waals surface area contributed by atoms with E-state index in [0.717, 1.165) is 11.6 Å². The third-order valence-corrected chi connectivity index (χ3v) is 7.33. The number of halogens is 1. The van der Waals surface area contributed by atoms with Crippen LogP contribution in [0.3, 0.4) is 0 Å². The molecule has 3 amide bonds. The summed E-state index contributed by atoms with van der Waals surface area (Å²) in [6.45, 7) is 0.284. The molecule has 29 heavy (non-hydrogen) atoms. The van der Waals surface area contributed by atoms with Gasteiger partial charge >= 0.3 is 6.03 Å². The van der Waals surface area contributed by atoms with Gasteiger partial charge in [-0.05, 0) is 36.6 Å². The molecule has 2 saturated heterocycles. The minimum atomic E-state index is -3.87. The van der Waals surface area contributed by atoms with Crippen LogP contribution in [0, 0.1) is 5.82 Å². The first-order valence-corrected chi connectivity index (χ1v) is 10.7. The van der Waals surface area contributed by atoms with Crippen molar-refractivity contribution in [3.05, 3.63) is 66.0 Å². The highest BCUT2D eigenvalue weighted by molar-refractivity contribution is 7.89. The van der Waals surface area contributed by atoms with Gasteiger partial charge in [-0.25, -0.2) is 17.6 Å². The van der Waals surface area contributed by atoms with Crippen molar-refractivity contribution in [3.8, 4) is 0 Å². The third-order valence-electron chi connectivity index (χ3n) is 5.44. The Morgan fingerprint density at radius 2 is 1.69 bits per heavy atom. The number of nitrogens with zero attached hydrogens (tertiary/aromatic N) is 2. The smallest absolute Gasteiger partial charge is 0.323 e. The van der Waals surface area contributed by atoms with Gasteiger partial charge in [-0.15, -0.1) is 0 Å². The number of hydrogen-bond donors (Lipinski definition) is 1. The molecule has 2 heterocycles. The fraction of sp³-hybridized carbons (Fsp3) is 0.300. The lowest BCUT2D eigenvalue weighted by molar-refractivity contribution is -0.133. The monoisotopic (exact) mass is 417 g/mol. The summed E-state index contributed by atoms with van der Waals surface area (Å²) in [5.74, 6) is -0.969. The summed E-state index contributed by atoms with van der Waals surface area (Å²) in [6.07, 6.45) is 0.328. The van der Waals surface area contributed by atoms with Gasteiger partial charge in [0.1, 0.15) is 11.4 Å². The van der Waals surface area contributed by atoms with E-state index in [1.807, 2.05) is 30.3 Å². The molecular weight excluding hydrogens is 397 g/mol. The number of sulfonamides is 1. The number of piperidine rings is 1. The number of amides is 3. The maximum atomic E-state index is 13.4. The first kappa shape index (κ1) is 19.5. The highest BCUT2D eigenvalue weighted by atomic mass is 32.2. The molecule has 0 atom stereocenters. The van der Waals surface area contributed by atoms with Crippen molar-refractivity contribution in [1.29, 1.82) is 0 Å². The predicted octanol–water partition coefficient (Wildman–Crippen LogP) is 2.10. The number of carbonyl (C=O) groups excluding carboxylic acids is 2. The Morgan fingerprint density at radius 1 is 1.00 bits per heavy atom. The molecule has 0 bridgehead atoms. The van der Waals surface area contributed by atoms with Crippen LogP contribution in [0.5, 0.6) is 0 Å². The van der Waals surface area contributed by atoms with Crippen LogP contribution in [0.4, 0.5) is 9.18 Å². The summed E-state index contributed by atoms with van der Waals surface area (Å²) < 4.78 is 40.2. The van der Waals surface area contributed by atoms with Crippen LogP contribution in [0.1, 0.15) is 18.4 Å². The van der Waals surface area contributed by atoms with Crippen molar-refractivity contribution in [2.75, 3.05) is 13.1 Å². The Hall–Kier alpha value is -2.78. The van der Waals surface area contributed by atoms with Crippen molar-refractivity contribution in [2.24, 2.45) is 0 Å². The molecule has 2 aromatic carbocycles. The minimum Gasteiger partial charge on any atom is -0.323 e. The van der Waals surface area contributed by atoms with E-state index in [1.54, 1.807) is 0 Å². The normalized spacial score (nSPS) is 19.6. The van der Waals surface area contributed by atoms with Gasteiger partial charge < -0.3 is 5.32 Å². The molecule has 1 N–H and O–H groups in total.